The molecule has 0 saturated carbocycles. The minimum absolute atomic E-state index is 0.264. The van der Waals surface area contributed by atoms with E-state index >= 15 is 0 Å². The van der Waals surface area contributed by atoms with Crippen LogP contribution in [0.25, 0.3) is 0 Å². The van der Waals surface area contributed by atoms with Crippen LogP contribution in [0.4, 0.5) is 9.59 Å². The third kappa shape index (κ3) is 27.0. The van der Waals surface area contributed by atoms with Crippen molar-refractivity contribution in [1.82, 2.24) is 16.0 Å². The minimum Gasteiger partial charge on any atom is -0.465 e. The molecule has 17 heteroatoms. The van der Waals surface area contributed by atoms with E-state index in [1.165, 1.54) is 14.2 Å². The number of methoxy groups -OCH3 is 2. The van der Waals surface area contributed by atoms with Gasteiger partial charge in [-0.3, -0.25) is 4.79 Å². The van der Waals surface area contributed by atoms with Crippen molar-refractivity contribution in [3.63, 3.8) is 0 Å². The summed E-state index contributed by atoms with van der Waals surface area (Å²) < 4.78 is 30.1. The Morgan fingerprint density at radius 2 is 0.934 bits per heavy atom. The van der Waals surface area contributed by atoms with Gasteiger partial charge < -0.3 is 50.1 Å². The molecule has 61 heavy (non-hydrogen) atoms. The first kappa shape index (κ1) is 55.5. The van der Waals surface area contributed by atoms with Crippen LogP contribution in [0.3, 0.4) is 0 Å². The van der Waals surface area contributed by atoms with Crippen LogP contribution >= 0.6 is 0 Å². The van der Waals surface area contributed by atoms with Gasteiger partial charge in [0, 0.05) is 12.1 Å². The molecular weight excluding hydrogens is 792 g/mol. The van der Waals surface area contributed by atoms with Gasteiger partial charge >= 0.3 is 36.1 Å². The molecule has 342 valence electrons. The van der Waals surface area contributed by atoms with Crippen molar-refractivity contribution in [2.45, 2.75) is 137 Å². The van der Waals surface area contributed by atoms with Crippen LogP contribution < -0.4 is 21.7 Å². The number of hydrogen-bond acceptors (Lipinski definition) is 15. The van der Waals surface area contributed by atoms with E-state index in [1.54, 1.807) is 119 Å². The molecule has 0 spiro atoms. The largest absolute Gasteiger partial charge is 0.465 e. The van der Waals surface area contributed by atoms with Gasteiger partial charge in [-0.1, -0.05) is 24.3 Å². The van der Waals surface area contributed by atoms with Gasteiger partial charge in [0.2, 0.25) is 0 Å². The van der Waals surface area contributed by atoms with E-state index in [1.807, 2.05) is 12.1 Å². The monoisotopic (exact) mass is 860 g/mol. The number of amides is 2. The zero-order chi connectivity index (χ0) is 47.2. The van der Waals surface area contributed by atoms with Crippen LogP contribution in [0.5, 0.6) is 0 Å². The Hall–Kier alpha value is -5.55. The molecule has 0 saturated heterocycles. The highest BCUT2D eigenvalue weighted by Gasteiger charge is 2.29. The topological polar surface area (TPSA) is 237 Å². The highest BCUT2D eigenvalue weighted by Crippen LogP contribution is 2.14. The Kier molecular flexibility index (Phi) is 23.6. The molecule has 2 aromatic rings. The molecule has 2 aromatic carbocycles. The number of nitrogens with one attached hydrogen (secondary N) is 3. The lowest BCUT2D eigenvalue weighted by molar-refractivity contribution is -0.158. The molecule has 2 unspecified atom stereocenters. The van der Waals surface area contributed by atoms with E-state index in [-0.39, 0.29) is 12.5 Å². The third-order valence-corrected chi connectivity index (χ3v) is 7.00. The average Bonchev–Trinajstić information content (AvgIpc) is 3.13. The second kappa shape index (κ2) is 25.9. The average molecular weight is 861 g/mol. The summed E-state index contributed by atoms with van der Waals surface area (Å²) in [5.41, 5.74) is 5.31. The predicted octanol–water partition coefficient (Wildman–Crippen LogP) is 6.04. The molecule has 0 radical (unpaired) electrons. The summed E-state index contributed by atoms with van der Waals surface area (Å²) in [7, 11) is 2.65. The summed E-state index contributed by atoms with van der Waals surface area (Å²) in [5, 5.41) is 8.29. The van der Waals surface area contributed by atoms with Gasteiger partial charge in [-0.25, -0.2) is 28.8 Å². The number of benzene rings is 2. The highest BCUT2D eigenvalue weighted by molar-refractivity contribution is 5.90. The first-order valence-corrected chi connectivity index (χ1v) is 19.7. The van der Waals surface area contributed by atoms with Gasteiger partial charge in [0.05, 0.1) is 25.3 Å². The molecule has 17 nitrogen and oxygen atoms in total. The molecule has 5 N–H and O–H groups in total. The zero-order valence-corrected chi connectivity index (χ0v) is 38.3. The van der Waals surface area contributed by atoms with E-state index in [2.05, 4.69) is 25.4 Å². The summed E-state index contributed by atoms with van der Waals surface area (Å²) in [5.74, 6) is -1.81. The van der Waals surface area contributed by atoms with Crippen molar-refractivity contribution in [2.75, 3.05) is 27.3 Å². The van der Waals surface area contributed by atoms with Crippen molar-refractivity contribution >= 4 is 42.3 Å². The lowest BCUT2D eigenvalue weighted by atomic mass is 10.1. The number of nitrogens with two attached hydrogens (primary N) is 1. The molecule has 0 aromatic heterocycles. The summed E-state index contributed by atoms with van der Waals surface area (Å²) >= 11 is 0. The number of alkyl carbamates (subject to hydrolysis) is 2. The fourth-order valence-corrected chi connectivity index (χ4v) is 4.48. The van der Waals surface area contributed by atoms with E-state index in [0.29, 0.717) is 42.6 Å². The molecule has 2 amide bonds. The second-order valence-corrected chi connectivity index (χ2v) is 17.4. The second-order valence-electron chi connectivity index (χ2n) is 17.4. The summed E-state index contributed by atoms with van der Waals surface area (Å²) in [4.78, 5) is 80.7. The molecule has 0 fully saturated rings. The predicted molar refractivity (Wildman–Crippen MR) is 229 cm³/mol. The maximum Gasteiger partial charge on any atom is 0.408 e. The normalized spacial score (nSPS) is 12.2. The van der Waals surface area contributed by atoms with Crippen molar-refractivity contribution in [3.8, 4) is 0 Å². The minimum atomic E-state index is -0.840. The number of carbonyl (C=O) groups is 7. The molecule has 0 aliphatic heterocycles. The first-order valence-electron chi connectivity index (χ1n) is 19.7. The van der Waals surface area contributed by atoms with E-state index in [0.717, 1.165) is 11.8 Å². The van der Waals surface area contributed by atoms with Crippen LogP contribution in [0.2, 0.25) is 0 Å². The van der Waals surface area contributed by atoms with E-state index < -0.39 is 64.6 Å². The Bertz CT molecular complexity index is 1700. The Morgan fingerprint density at radius 1 is 0.574 bits per heavy atom. The van der Waals surface area contributed by atoms with Gasteiger partial charge in [-0.15, -0.1) is 0 Å². The maximum absolute atomic E-state index is 12.5. The van der Waals surface area contributed by atoms with Crippen LogP contribution in [-0.2, 0) is 44.6 Å². The molecule has 0 aliphatic rings. The van der Waals surface area contributed by atoms with Crippen LogP contribution in [0, 0.1) is 0 Å². The Morgan fingerprint density at radius 3 is 1.26 bits per heavy atom. The Labute approximate surface area is 360 Å². The quantitative estimate of drug-likeness (QED) is 0.0733. The lowest BCUT2D eigenvalue weighted by Gasteiger charge is -2.26. The third-order valence-electron chi connectivity index (χ3n) is 7.00. The van der Waals surface area contributed by atoms with Crippen molar-refractivity contribution < 1.29 is 62.0 Å². The van der Waals surface area contributed by atoms with Crippen molar-refractivity contribution in [2.24, 2.45) is 5.73 Å². The highest BCUT2D eigenvalue weighted by atomic mass is 16.6. The van der Waals surface area contributed by atoms with Gasteiger partial charge in [-0.2, -0.15) is 0 Å². The van der Waals surface area contributed by atoms with Gasteiger partial charge in [0.1, 0.15) is 40.8 Å². The molecule has 0 aliphatic carbocycles. The molecule has 2 rings (SSSR count). The van der Waals surface area contributed by atoms with Crippen LogP contribution in [0.15, 0.2) is 48.5 Å². The lowest BCUT2D eigenvalue weighted by Crippen LogP contribution is -2.47. The number of aldehydes is 1. The first-order chi connectivity index (χ1) is 28.0. The number of hydrogen-bond donors (Lipinski definition) is 4. The van der Waals surface area contributed by atoms with E-state index in [4.69, 9.17) is 24.7 Å². The van der Waals surface area contributed by atoms with Gasteiger partial charge in [-0.05, 0) is 139 Å². The van der Waals surface area contributed by atoms with Gasteiger partial charge in [0.15, 0.2) is 0 Å². The summed E-state index contributed by atoms with van der Waals surface area (Å²) in [6.07, 6.45) is 0.0254. The fraction of sp³-hybridized carbons (Fsp3) is 0.568. The number of esters is 4. The van der Waals surface area contributed by atoms with Crippen molar-refractivity contribution in [1.29, 1.82) is 0 Å². The zero-order valence-electron chi connectivity index (χ0n) is 38.3. The smallest absolute Gasteiger partial charge is 0.408 e. The van der Waals surface area contributed by atoms with Crippen LogP contribution in [0.1, 0.15) is 133 Å². The van der Waals surface area contributed by atoms with Crippen molar-refractivity contribution in [3.05, 3.63) is 70.8 Å². The SMILES string of the molecule is CC(C)(C)OC(=O)NC(CCN)C(=O)OC(C)(C)C.COC(=O)c1ccc(C=O)cc1.COC(=O)c1ccc(CNCCC(NC(=O)OC(C)(C)C)C(=O)OC(C)(C)C)cc1. The van der Waals surface area contributed by atoms with Crippen LogP contribution in [-0.4, -0.2) is 104 Å². The summed E-state index contributed by atoms with van der Waals surface area (Å²) in [6.45, 7) is 22.4. The maximum atomic E-state index is 12.5. The molecular formula is C44H68N4O13. The number of ether oxygens (including phenoxy) is 6. The fourth-order valence-electron chi connectivity index (χ4n) is 4.48. The van der Waals surface area contributed by atoms with E-state index in [9.17, 15) is 33.6 Å². The van der Waals surface area contributed by atoms with Gasteiger partial charge in [0.25, 0.3) is 0 Å². The summed E-state index contributed by atoms with van der Waals surface area (Å²) in [6, 6.07) is 11.6. The molecule has 2 atom stereocenters. The molecule has 0 heterocycles. The number of carbonyl (C=O) groups excluding carboxylic acids is 7. The standard InChI is InChI=1S/C22H34N2O6.C13H26N2O4.C9H8O3/c1-21(2,3)29-19(26)17(24-20(27)30-22(4,5)6)12-13-23-14-15-8-10-16(11-9-15)18(25)28-7;1-12(2,3)18-10(16)9(7-8-14)15-11(17)19-13(4,5)6;1-12-9(11)8-4-2-7(6-10)3-5-8/h8-11,17,23H,12-14H2,1-7H3,(H,24,27);9H,7-8,14H2,1-6H3,(H,15,17);2-6H,1H3. The molecule has 0 bridgehead atoms. The number of rotatable bonds is 14. The Balaban J connectivity index is 0.000000985.